The second kappa shape index (κ2) is 7.59. The molecule has 0 radical (unpaired) electrons. The first-order valence-electron chi connectivity index (χ1n) is 6.82. The van der Waals surface area contributed by atoms with Crippen molar-refractivity contribution in [2.24, 2.45) is 4.99 Å². The molecule has 1 rings (SSSR count). The molecule has 1 heterocycles. The van der Waals surface area contributed by atoms with Gasteiger partial charge in [0.05, 0.1) is 22.8 Å². The van der Waals surface area contributed by atoms with Crippen LogP contribution in [-0.4, -0.2) is 37.2 Å². The van der Waals surface area contributed by atoms with Crippen molar-refractivity contribution in [1.29, 1.82) is 0 Å². The highest BCUT2D eigenvalue weighted by molar-refractivity contribution is 7.09. The molecule has 1 aromatic rings. The average Bonchev–Trinajstić information content (AvgIpc) is 2.88. The van der Waals surface area contributed by atoms with E-state index in [1.807, 2.05) is 13.8 Å². The van der Waals surface area contributed by atoms with E-state index >= 15 is 0 Å². The lowest BCUT2D eigenvalue weighted by molar-refractivity contribution is 0.0268. The van der Waals surface area contributed by atoms with Crippen LogP contribution in [0.1, 0.15) is 44.3 Å². The standard InChI is InChI=1S/C14H26N4OS/c1-10(2)12-18-11(8-20-12)7-16-13(15-5)17-9-14(3,4)19-6/h8,10H,7,9H2,1-6H3,(H2,15,16,17). The lowest BCUT2D eigenvalue weighted by atomic mass is 10.1. The van der Waals surface area contributed by atoms with Crippen molar-refractivity contribution >= 4 is 17.3 Å². The largest absolute Gasteiger partial charge is 0.377 e. The lowest BCUT2D eigenvalue weighted by Crippen LogP contribution is -2.45. The van der Waals surface area contributed by atoms with E-state index in [1.54, 1.807) is 25.5 Å². The first-order valence-corrected chi connectivity index (χ1v) is 7.70. The summed E-state index contributed by atoms with van der Waals surface area (Å²) in [7, 11) is 3.47. The molecule has 114 valence electrons. The monoisotopic (exact) mass is 298 g/mol. The molecule has 6 heteroatoms. The summed E-state index contributed by atoms with van der Waals surface area (Å²) in [6.07, 6.45) is 0. The molecule has 0 unspecified atom stereocenters. The van der Waals surface area contributed by atoms with E-state index in [1.165, 1.54) is 5.01 Å². The fraction of sp³-hybridized carbons (Fsp3) is 0.714. The fourth-order valence-corrected chi connectivity index (χ4v) is 2.27. The number of nitrogens with zero attached hydrogens (tertiary/aromatic N) is 2. The summed E-state index contributed by atoms with van der Waals surface area (Å²) in [6, 6.07) is 0. The van der Waals surface area contributed by atoms with Crippen molar-refractivity contribution in [3.8, 4) is 0 Å². The molecule has 0 fully saturated rings. The number of hydrogen-bond donors (Lipinski definition) is 2. The summed E-state index contributed by atoms with van der Waals surface area (Å²) in [5.74, 6) is 1.24. The number of ether oxygens (including phenoxy) is 1. The number of rotatable bonds is 6. The van der Waals surface area contributed by atoms with Gasteiger partial charge in [0.1, 0.15) is 0 Å². The van der Waals surface area contributed by atoms with Crippen molar-refractivity contribution in [1.82, 2.24) is 15.6 Å². The second-order valence-electron chi connectivity index (χ2n) is 5.57. The highest BCUT2D eigenvalue weighted by Gasteiger charge is 2.16. The molecule has 0 amide bonds. The van der Waals surface area contributed by atoms with Gasteiger partial charge in [0, 0.05) is 32.0 Å². The Morgan fingerprint density at radius 3 is 2.65 bits per heavy atom. The van der Waals surface area contributed by atoms with Gasteiger partial charge in [0.2, 0.25) is 0 Å². The molecular weight excluding hydrogens is 272 g/mol. The Morgan fingerprint density at radius 1 is 1.45 bits per heavy atom. The average molecular weight is 298 g/mol. The van der Waals surface area contributed by atoms with E-state index in [9.17, 15) is 0 Å². The quantitative estimate of drug-likeness (QED) is 0.625. The van der Waals surface area contributed by atoms with Gasteiger partial charge in [-0.05, 0) is 13.8 Å². The fourth-order valence-electron chi connectivity index (χ4n) is 1.43. The van der Waals surface area contributed by atoms with Gasteiger partial charge in [-0.3, -0.25) is 4.99 Å². The Morgan fingerprint density at radius 2 is 2.15 bits per heavy atom. The Kier molecular flexibility index (Phi) is 6.42. The summed E-state index contributed by atoms with van der Waals surface area (Å²) in [5.41, 5.74) is 0.830. The van der Waals surface area contributed by atoms with Crippen molar-refractivity contribution in [2.45, 2.75) is 45.8 Å². The van der Waals surface area contributed by atoms with Crippen LogP contribution < -0.4 is 10.6 Å². The number of guanidine groups is 1. The first-order chi connectivity index (χ1) is 9.38. The number of methoxy groups -OCH3 is 1. The molecule has 0 aliphatic carbocycles. The summed E-state index contributed by atoms with van der Waals surface area (Å²) < 4.78 is 5.37. The normalized spacial score (nSPS) is 12.8. The van der Waals surface area contributed by atoms with E-state index in [4.69, 9.17) is 4.74 Å². The molecule has 0 aliphatic heterocycles. The van der Waals surface area contributed by atoms with Gasteiger partial charge in [-0.1, -0.05) is 13.8 Å². The lowest BCUT2D eigenvalue weighted by Gasteiger charge is -2.24. The summed E-state index contributed by atoms with van der Waals surface area (Å²) in [5, 5.41) is 9.78. The van der Waals surface area contributed by atoms with Crippen LogP contribution in [0.15, 0.2) is 10.4 Å². The van der Waals surface area contributed by atoms with Crippen molar-refractivity contribution in [3.05, 3.63) is 16.1 Å². The van der Waals surface area contributed by atoms with E-state index in [2.05, 4.69) is 39.8 Å². The van der Waals surface area contributed by atoms with Gasteiger partial charge in [-0.25, -0.2) is 4.98 Å². The van der Waals surface area contributed by atoms with Gasteiger partial charge in [0.15, 0.2) is 5.96 Å². The number of nitrogens with one attached hydrogen (secondary N) is 2. The first kappa shape index (κ1) is 16.9. The molecule has 0 aromatic carbocycles. The number of aromatic nitrogens is 1. The third-order valence-electron chi connectivity index (χ3n) is 2.96. The summed E-state index contributed by atoms with van der Waals surface area (Å²) in [4.78, 5) is 8.79. The van der Waals surface area contributed by atoms with Crippen LogP contribution in [0.25, 0.3) is 0 Å². The van der Waals surface area contributed by atoms with Gasteiger partial charge < -0.3 is 15.4 Å². The van der Waals surface area contributed by atoms with E-state index in [0.717, 1.165) is 11.7 Å². The van der Waals surface area contributed by atoms with Crippen LogP contribution >= 0.6 is 11.3 Å². The Labute approximate surface area is 125 Å². The molecule has 1 aromatic heterocycles. The maximum Gasteiger partial charge on any atom is 0.191 e. The highest BCUT2D eigenvalue weighted by Crippen LogP contribution is 2.18. The molecule has 0 spiro atoms. The number of thiazole rings is 1. The van der Waals surface area contributed by atoms with Crippen molar-refractivity contribution in [2.75, 3.05) is 20.7 Å². The van der Waals surface area contributed by atoms with Crippen LogP contribution in [0.2, 0.25) is 0 Å². The number of hydrogen-bond acceptors (Lipinski definition) is 4. The molecule has 0 bridgehead atoms. The zero-order chi connectivity index (χ0) is 15.2. The maximum absolute atomic E-state index is 5.37. The second-order valence-corrected chi connectivity index (χ2v) is 6.46. The molecule has 5 nitrogen and oxygen atoms in total. The van der Waals surface area contributed by atoms with Crippen LogP contribution in [0.3, 0.4) is 0 Å². The molecular formula is C14H26N4OS. The zero-order valence-corrected chi connectivity index (χ0v) is 14.1. The van der Waals surface area contributed by atoms with Crippen LogP contribution in [0.5, 0.6) is 0 Å². The third-order valence-corrected chi connectivity index (χ3v) is 4.15. The van der Waals surface area contributed by atoms with Crippen molar-refractivity contribution < 1.29 is 4.74 Å². The van der Waals surface area contributed by atoms with E-state index < -0.39 is 0 Å². The van der Waals surface area contributed by atoms with E-state index in [0.29, 0.717) is 19.0 Å². The third kappa shape index (κ3) is 5.46. The highest BCUT2D eigenvalue weighted by atomic mass is 32.1. The van der Waals surface area contributed by atoms with Gasteiger partial charge >= 0.3 is 0 Å². The molecule has 0 aliphatic rings. The summed E-state index contributed by atoms with van der Waals surface area (Å²) >= 11 is 1.71. The predicted molar refractivity (Wildman–Crippen MR) is 85.5 cm³/mol. The molecule has 20 heavy (non-hydrogen) atoms. The predicted octanol–water partition coefficient (Wildman–Crippen LogP) is 2.36. The van der Waals surface area contributed by atoms with Crippen LogP contribution in [-0.2, 0) is 11.3 Å². The van der Waals surface area contributed by atoms with Gasteiger partial charge in [0.25, 0.3) is 0 Å². The van der Waals surface area contributed by atoms with Gasteiger partial charge in [-0.15, -0.1) is 11.3 Å². The zero-order valence-electron chi connectivity index (χ0n) is 13.3. The minimum absolute atomic E-state index is 0.219. The number of aliphatic imine (C=N–C) groups is 1. The minimum Gasteiger partial charge on any atom is -0.377 e. The van der Waals surface area contributed by atoms with Gasteiger partial charge in [-0.2, -0.15) is 0 Å². The molecule has 0 atom stereocenters. The van der Waals surface area contributed by atoms with Crippen molar-refractivity contribution in [3.63, 3.8) is 0 Å². The molecule has 2 N–H and O–H groups in total. The summed E-state index contributed by atoms with van der Waals surface area (Å²) in [6.45, 7) is 9.74. The Hall–Kier alpha value is -1.14. The van der Waals surface area contributed by atoms with E-state index in [-0.39, 0.29) is 5.60 Å². The van der Waals surface area contributed by atoms with Crippen LogP contribution in [0.4, 0.5) is 0 Å². The van der Waals surface area contributed by atoms with Crippen LogP contribution in [0, 0.1) is 0 Å². The Balaban J connectivity index is 2.45. The molecule has 0 saturated heterocycles. The minimum atomic E-state index is -0.219. The smallest absolute Gasteiger partial charge is 0.191 e. The molecule has 0 saturated carbocycles. The topological polar surface area (TPSA) is 58.5 Å². The maximum atomic E-state index is 5.37. The SMILES string of the molecule is CN=C(NCc1csc(C(C)C)n1)NCC(C)(C)OC. The Bertz CT molecular complexity index is 440.